The molecule has 2 N–H and O–H groups in total. The van der Waals surface area contributed by atoms with Crippen molar-refractivity contribution in [3.05, 3.63) is 68.3 Å². The molecule has 0 fully saturated rings. The summed E-state index contributed by atoms with van der Waals surface area (Å²) in [5.41, 5.74) is 1.75. The van der Waals surface area contributed by atoms with E-state index in [0.29, 0.717) is 23.1 Å². The number of benzene rings is 1. The zero-order chi connectivity index (χ0) is 20.3. The number of pyridine rings is 1. The lowest BCUT2D eigenvalue weighted by Crippen LogP contribution is -2.18. The maximum absolute atomic E-state index is 12.4. The minimum Gasteiger partial charge on any atom is -0.506 e. The van der Waals surface area contributed by atoms with E-state index in [-0.39, 0.29) is 34.9 Å². The predicted octanol–water partition coefficient (Wildman–Crippen LogP) is 2.86. The molecule has 146 valence electrons. The molecule has 7 nitrogen and oxygen atoms in total. The maximum Gasteiger partial charge on any atom is 0.340 e. The van der Waals surface area contributed by atoms with Gasteiger partial charge >= 0.3 is 11.6 Å². The Hall–Kier alpha value is -2.90. The SMILES string of the molecule is COC(=O)Cc1c(C)c2cc(Cl)c(O)c(CNCc3ccncc3)c2oc1=O. The molecule has 0 aliphatic rings. The number of methoxy groups -OCH3 is 1. The molecule has 0 saturated heterocycles. The van der Waals surface area contributed by atoms with Crippen molar-refractivity contribution in [2.24, 2.45) is 0 Å². The highest BCUT2D eigenvalue weighted by Crippen LogP contribution is 2.36. The van der Waals surface area contributed by atoms with E-state index in [0.717, 1.165) is 5.56 Å². The number of ether oxygens (including phenoxy) is 1. The van der Waals surface area contributed by atoms with Gasteiger partial charge in [0.1, 0.15) is 11.3 Å². The standard InChI is InChI=1S/C20H19ClN2O5/c1-11-13-7-16(21)18(25)15(10-23-9-12-3-5-22-6-4-12)19(13)28-20(26)14(11)8-17(24)27-2/h3-7,23,25H,8-10H2,1-2H3. The molecule has 0 amide bonds. The number of halogens is 1. The lowest BCUT2D eigenvalue weighted by molar-refractivity contribution is -0.139. The summed E-state index contributed by atoms with van der Waals surface area (Å²) in [5, 5.41) is 14.3. The minimum atomic E-state index is -0.646. The summed E-state index contributed by atoms with van der Waals surface area (Å²) in [7, 11) is 1.25. The van der Waals surface area contributed by atoms with Gasteiger partial charge in [-0.2, -0.15) is 0 Å². The molecule has 8 heteroatoms. The molecule has 0 aliphatic heterocycles. The van der Waals surface area contributed by atoms with Gasteiger partial charge in [0.15, 0.2) is 0 Å². The van der Waals surface area contributed by atoms with Crippen molar-refractivity contribution >= 4 is 28.5 Å². The highest BCUT2D eigenvalue weighted by molar-refractivity contribution is 6.33. The number of rotatable bonds is 6. The number of aryl methyl sites for hydroxylation is 1. The van der Waals surface area contributed by atoms with Crippen LogP contribution in [0.15, 0.2) is 39.8 Å². The van der Waals surface area contributed by atoms with Crippen LogP contribution in [0.4, 0.5) is 0 Å². The van der Waals surface area contributed by atoms with E-state index in [9.17, 15) is 14.7 Å². The lowest BCUT2D eigenvalue weighted by Gasteiger charge is -2.14. The van der Waals surface area contributed by atoms with Crippen molar-refractivity contribution in [1.82, 2.24) is 10.3 Å². The molecule has 1 aromatic carbocycles. The summed E-state index contributed by atoms with van der Waals surface area (Å²) >= 11 is 6.19. The number of aromatic nitrogens is 1. The Balaban J connectivity index is 2.01. The van der Waals surface area contributed by atoms with Gasteiger partial charge in [-0.15, -0.1) is 0 Å². The molecule has 3 rings (SSSR count). The van der Waals surface area contributed by atoms with Crippen molar-refractivity contribution in [2.45, 2.75) is 26.4 Å². The zero-order valence-electron chi connectivity index (χ0n) is 15.4. The number of esters is 1. The van der Waals surface area contributed by atoms with Crippen molar-refractivity contribution in [1.29, 1.82) is 0 Å². The van der Waals surface area contributed by atoms with Crippen LogP contribution in [-0.2, 0) is 29.0 Å². The number of fused-ring (bicyclic) bond motifs is 1. The molecule has 28 heavy (non-hydrogen) atoms. The number of hydrogen-bond donors (Lipinski definition) is 2. The number of nitrogens with one attached hydrogen (secondary N) is 1. The Morgan fingerprint density at radius 1 is 1.29 bits per heavy atom. The second kappa shape index (κ2) is 8.41. The van der Waals surface area contributed by atoms with E-state index in [2.05, 4.69) is 15.0 Å². The first-order chi connectivity index (χ1) is 13.4. The van der Waals surface area contributed by atoms with Crippen LogP contribution < -0.4 is 10.9 Å². The molecule has 2 aromatic heterocycles. The van der Waals surface area contributed by atoms with E-state index in [1.807, 2.05) is 12.1 Å². The van der Waals surface area contributed by atoms with E-state index in [4.69, 9.17) is 16.0 Å². The quantitative estimate of drug-likeness (QED) is 0.482. The number of carbonyl (C=O) groups excluding carboxylic acids is 1. The van der Waals surface area contributed by atoms with Crippen LogP contribution >= 0.6 is 11.6 Å². The summed E-state index contributed by atoms with van der Waals surface area (Å²) in [6.07, 6.45) is 3.18. The Labute approximate surface area is 165 Å². The van der Waals surface area contributed by atoms with E-state index in [1.165, 1.54) is 13.2 Å². The fourth-order valence-corrected chi connectivity index (χ4v) is 3.18. The molecule has 3 aromatic rings. The first-order valence-electron chi connectivity index (χ1n) is 8.55. The Morgan fingerprint density at radius 3 is 2.68 bits per heavy atom. The monoisotopic (exact) mass is 402 g/mol. The molecular weight excluding hydrogens is 384 g/mol. The molecule has 0 radical (unpaired) electrons. The van der Waals surface area contributed by atoms with Crippen LogP contribution in [0.25, 0.3) is 11.0 Å². The fourth-order valence-electron chi connectivity index (χ4n) is 2.96. The minimum absolute atomic E-state index is 0.133. The molecule has 2 heterocycles. The Kier molecular flexibility index (Phi) is 5.96. The summed E-state index contributed by atoms with van der Waals surface area (Å²) in [6.45, 7) is 2.46. The van der Waals surface area contributed by atoms with E-state index >= 15 is 0 Å². The summed E-state index contributed by atoms with van der Waals surface area (Å²) < 4.78 is 10.1. The second-order valence-corrected chi connectivity index (χ2v) is 6.67. The molecule has 0 unspecified atom stereocenters. The van der Waals surface area contributed by atoms with Crippen LogP contribution in [0.1, 0.15) is 22.3 Å². The van der Waals surface area contributed by atoms with Crippen molar-refractivity contribution in [2.75, 3.05) is 7.11 Å². The first kappa shape index (κ1) is 19.9. The van der Waals surface area contributed by atoms with Crippen LogP contribution in [0.5, 0.6) is 5.75 Å². The summed E-state index contributed by atoms with van der Waals surface area (Å²) in [6, 6.07) is 5.26. The normalized spacial score (nSPS) is 11.0. The number of phenolic OH excluding ortho intramolecular Hbond substituents is 1. The molecule has 0 bridgehead atoms. The predicted molar refractivity (Wildman–Crippen MR) is 104 cm³/mol. The van der Waals surface area contributed by atoms with Crippen LogP contribution in [0, 0.1) is 6.92 Å². The van der Waals surface area contributed by atoms with Gasteiger partial charge in [0, 0.05) is 30.9 Å². The van der Waals surface area contributed by atoms with E-state index < -0.39 is 11.6 Å². The number of aromatic hydroxyl groups is 1. The highest BCUT2D eigenvalue weighted by atomic mass is 35.5. The van der Waals surface area contributed by atoms with Crippen LogP contribution in [-0.4, -0.2) is 23.2 Å². The zero-order valence-corrected chi connectivity index (χ0v) is 16.2. The smallest absolute Gasteiger partial charge is 0.340 e. The average Bonchev–Trinajstić information content (AvgIpc) is 2.69. The Morgan fingerprint density at radius 2 is 2.00 bits per heavy atom. The van der Waals surface area contributed by atoms with Crippen LogP contribution in [0.2, 0.25) is 5.02 Å². The molecule has 0 atom stereocenters. The third kappa shape index (κ3) is 4.00. The van der Waals surface area contributed by atoms with Gasteiger partial charge in [0.25, 0.3) is 0 Å². The topological polar surface area (TPSA) is 102 Å². The van der Waals surface area contributed by atoms with Crippen molar-refractivity contribution < 1.29 is 19.1 Å². The number of carbonyl (C=O) groups is 1. The molecule has 0 saturated carbocycles. The van der Waals surface area contributed by atoms with E-state index in [1.54, 1.807) is 19.3 Å². The highest BCUT2D eigenvalue weighted by Gasteiger charge is 2.20. The van der Waals surface area contributed by atoms with Crippen molar-refractivity contribution in [3.63, 3.8) is 0 Å². The fraction of sp³-hybridized carbons (Fsp3) is 0.250. The van der Waals surface area contributed by atoms with Gasteiger partial charge in [-0.1, -0.05) is 11.6 Å². The largest absolute Gasteiger partial charge is 0.506 e. The molecule has 0 aliphatic carbocycles. The van der Waals surface area contributed by atoms with Gasteiger partial charge in [0.2, 0.25) is 0 Å². The van der Waals surface area contributed by atoms with Gasteiger partial charge in [0.05, 0.1) is 29.7 Å². The maximum atomic E-state index is 12.4. The number of nitrogens with zero attached hydrogens (tertiary/aromatic N) is 1. The summed E-state index contributed by atoms with van der Waals surface area (Å²) in [5.74, 6) is -0.696. The van der Waals surface area contributed by atoms with Gasteiger partial charge in [-0.05, 0) is 36.2 Å². The summed E-state index contributed by atoms with van der Waals surface area (Å²) in [4.78, 5) is 28.0. The second-order valence-electron chi connectivity index (χ2n) is 6.27. The van der Waals surface area contributed by atoms with Gasteiger partial charge in [-0.25, -0.2) is 4.79 Å². The van der Waals surface area contributed by atoms with Crippen LogP contribution in [0.3, 0.4) is 0 Å². The first-order valence-corrected chi connectivity index (χ1v) is 8.93. The third-order valence-electron chi connectivity index (χ3n) is 4.53. The average molecular weight is 403 g/mol. The third-order valence-corrected chi connectivity index (χ3v) is 4.82. The lowest BCUT2D eigenvalue weighted by atomic mass is 10.0. The number of phenols is 1. The molecule has 0 spiro atoms. The van der Waals surface area contributed by atoms with Gasteiger partial charge < -0.3 is 19.6 Å². The Bertz CT molecular complexity index is 1080. The molecular formula is C20H19ClN2O5. The van der Waals surface area contributed by atoms with Gasteiger partial charge in [-0.3, -0.25) is 9.78 Å². The van der Waals surface area contributed by atoms with Crippen molar-refractivity contribution in [3.8, 4) is 5.75 Å². The number of hydrogen-bond acceptors (Lipinski definition) is 7.